The molecule has 0 atom stereocenters. The number of carbonyl (C=O) groups excluding carboxylic acids is 1. The first-order valence-corrected chi connectivity index (χ1v) is 5.04. The van der Waals surface area contributed by atoms with Crippen molar-refractivity contribution in [3.05, 3.63) is 47.5 Å². The van der Waals surface area contributed by atoms with Crippen LogP contribution in [-0.2, 0) is 11.2 Å². The average molecular weight is 198 g/mol. The predicted molar refractivity (Wildman–Crippen MR) is 57.9 cm³/mol. The number of hydrogen-bond acceptors (Lipinski definition) is 2. The fraction of sp³-hybridized carbons (Fsp3) is 0.154. The van der Waals surface area contributed by atoms with Crippen molar-refractivity contribution in [2.45, 2.75) is 6.42 Å². The van der Waals surface area contributed by atoms with Gasteiger partial charge in [0.2, 0.25) is 0 Å². The monoisotopic (exact) mass is 198 g/mol. The van der Waals surface area contributed by atoms with Crippen molar-refractivity contribution in [2.75, 3.05) is 6.61 Å². The molecule has 2 nitrogen and oxygen atoms in total. The second-order valence-corrected chi connectivity index (χ2v) is 3.71. The first kappa shape index (κ1) is 8.48. The van der Waals surface area contributed by atoms with Crippen LogP contribution < -0.4 is 0 Å². The van der Waals surface area contributed by atoms with Crippen LogP contribution in [0.15, 0.2) is 36.4 Å². The highest BCUT2D eigenvalue weighted by Crippen LogP contribution is 2.26. The topological polar surface area (TPSA) is 26.3 Å². The van der Waals surface area contributed by atoms with Crippen LogP contribution in [0.25, 0.3) is 10.8 Å². The zero-order valence-electron chi connectivity index (χ0n) is 8.19. The molecule has 0 saturated heterocycles. The van der Waals surface area contributed by atoms with Gasteiger partial charge in [-0.1, -0.05) is 36.4 Å². The van der Waals surface area contributed by atoms with Crippen molar-refractivity contribution in [3.63, 3.8) is 0 Å². The molecule has 0 aliphatic carbocycles. The standard InChI is InChI=1S/C13H10O2/c14-13-12-10(7-8-15-13)6-5-9-3-1-2-4-11(9)12/h1-6H,7-8H2. The molecule has 0 saturated carbocycles. The van der Waals surface area contributed by atoms with Crippen molar-refractivity contribution in [3.8, 4) is 0 Å². The van der Waals surface area contributed by atoms with Gasteiger partial charge in [-0.3, -0.25) is 0 Å². The summed E-state index contributed by atoms with van der Waals surface area (Å²) in [6.07, 6.45) is 0.825. The van der Waals surface area contributed by atoms with Crippen LogP contribution in [0.4, 0.5) is 0 Å². The Morgan fingerprint density at radius 3 is 2.87 bits per heavy atom. The highest BCUT2D eigenvalue weighted by Gasteiger charge is 2.20. The molecule has 2 aromatic rings. The van der Waals surface area contributed by atoms with Crippen molar-refractivity contribution in [1.82, 2.24) is 0 Å². The zero-order chi connectivity index (χ0) is 10.3. The minimum atomic E-state index is -0.187. The van der Waals surface area contributed by atoms with E-state index in [9.17, 15) is 4.79 Å². The first-order chi connectivity index (χ1) is 7.36. The van der Waals surface area contributed by atoms with Gasteiger partial charge in [-0.2, -0.15) is 0 Å². The van der Waals surface area contributed by atoms with Crippen molar-refractivity contribution < 1.29 is 9.53 Å². The maximum atomic E-state index is 11.7. The Morgan fingerprint density at radius 1 is 1.07 bits per heavy atom. The molecule has 0 unspecified atom stereocenters. The Labute approximate surface area is 87.5 Å². The Hall–Kier alpha value is -1.83. The van der Waals surface area contributed by atoms with E-state index in [1.54, 1.807) is 0 Å². The molecule has 2 heteroatoms. The lowest BCUT2D eigenvalue weighted by molar-refractivity contribution is 0.0483. The Morgan fingerprint density at radius 2 is 1.93 bits per heavy atom. The molecule has 0 spiro atoms. The fourth-order valence-electron chi connectivity index (χ4n) is 2.09. The number of benzene rings is 2. The number of fused-ring (bicyclic) bond motifs is 3. The zero-order valence-corrected chi connectivity index (χ0v) is 8.19. The second-order valence-electron chi connectivity index (χ2n) is 3.71. The summed E-state index contributed by atoms with van der Waals surface area (Å²) in [5.74, 6) is -0.187. The number of carbonyl (C=O) groups is 1. The van der Waals surface area contributed by atoms with Gasteiger partial charge in [0, 0.05) is 6.42 Å². The van der Waals surface area contributed by atoms with Gasteiger partial charge < -0.3 is 4.74 Å². The molecular formula is C13H10O2. The van der Waals surface area contributed by atoms with E-state index in [1.807, 2.05) is 30.3 Å². The smallest absolute Gasteiger partial charge is 0.339 e. The molecule has 1 aliphatic rings. The summed E-state index contributed by atoms with van der Waals surface area (Å²) in [4.78, 5) is 11.7. The lowest BCUT2D eigenvalue weighted by Crippen LogP contribution is -2.17. The summed E-state index contributed by atoms with van der Waals surface area (Å²) in [6.45, 7) is 0.504. The van der Waals surface area contributed by atoms with Gasteiger partial charge in [0.1, 0.15) is 0 Å². The van der Waals surface area contributed by atoms with Crippen molar-refractivity contribution in [1.29, 1.82) is 0 Å². The molecular weight excluding hydrogens is 188 g/mol. The van der Waals surface area contributed by atoms with Crippen LogP contribution in [0.2, 0.25) is 0 Å². The minimum absolute atomic E-state index is 0.187. The van der Waals surface area contributed by atoms with Crippen LogP contribution in [0.3, 0.4) is 0 Å². The lowest BCUT2D eigenvalue weighted by atomic mass is 9.96. The summed E-state index contributed by atoms with van der Waals surface area (Å²) < 4.78 is 5.07. The molecule has 0 aromatic heterocycles. The Kier molecular flexibility index (Phi) is 1.75. The fourth-order valence-corrected chi connectivity index (χ4v) is 2.09. The largest absolute Gasteiger partial charge is 0.462 e. The third-order valence-electron chi connectivity index (χ3n) is 2.82. The van der Waals surface area contributed by atoms with Gasteiger partial charge in [-0.05, 0) is 16.3 Å². The van der Waals surface area contributed by atoms with Crippen LogP contribution in [0, 0.1) is 0 Å². The van der Waals surface area contributed by atoms with E-state index in [1.165, 1.54) is 0 Å². The van der Waals surface area contributed by atoms with Crippen LogP contribution in [0.1, 0.15) is 15.9 Å². The number of esters is 1. The minimum Gasteiger partial charge on any atom is -0.462 e. The lowest BCUT2D eigenvalue weighted by Gasteiger charge is -2.17. The van der Waals surface area contributed by atoms with Gasteiger partial charge >= 0.3 is 5.97 Å². The molecule has 0 bridgehead atoms. The van der Waals surface area contributed by atoms with Gasteiger partial charge in [0.25, 0.3) is 0 Å². The average Bonchev–Trinajstić information content (AvgIpc) is 2.29. The Bertz CT molecular complexity index is 543. The van der Waals surface area contributed by atoms with Gasteiger partial charge in [-0.25, -0.2) is 4.79 Å². The quantitative estimate of drug-likeness (QED) is 0.608. The summed E-state index contributed by atoms with van der Waals surface area (Å²) in [6, 6.07) is 12.0. The molecule has 3 rings (SSSR count). The first-order valence-electron chi connectivity index (χ1n) is 5.04. The third-order valence-corrected chi connectivity index (χ3v) is 2.82. The highest BCUT2D eigenvalue weighted by atomic mass is 16.5. The SMILES string of the molecule is O=C1OCCc2ccc3ccccc3c21. The number of ether oxygens (including phenoxy) is 1. The highest BCUT2D eigenvalue weighted by molar-refractivity contribution is 6.06. The maximum absolute atomic E-state index is 11.7. The molecule has 1 aliphatic heterocycles. The number of hydrogen-bond donors (Lipinski definition) is 0. The summed E-state index contributed by atoms with van der Waals surface area (Å²) in [5, 5.41) is 2.09. The van der Waals surface area contributed by atoms with Crippen molar-refractivity contribution >= 4 is 16.7 Å². The molecule has 0 amide bonds. The summed E-state index contributed by atoms with van der Waals surface area (Å²) in [5.41, 5.74) is 1.85. The van der Waals surface area contributed by atoms with E-state index in [4.69, 9.17) is 4.74 Å². The number of rotatable bonds is 0. The second kappa shape index (κ2) is 3.09. The van der Waals surface area contributed by atoms with Crippen LogP contribution >= 0.6 is 0 Å². The van der Waals surface area contributed by atoms with E-state index in [2.05, 4.69) is 6.07 Å². The molecule has 2 aromatic carbocycles. The molecule has 1 heterocycles. The van der Waals surface area contributed by atoms with E-state index in [-0.39, 0.29) is 5.97 Å². The third kappa shape index (κ3) is 1.22. The maximum Gasteiger partial charge on any atom is 0.339 e. The molecule has 0 fully saturated rings. The van der Waals surface area contributed by atoms with E-state index in [0.717, 1.165) is 28.3 Å². The normalized spacial score (nSPS) is 14.8. The van der Waals surface area contributed by atoms with E-state index in [0.29, 0.717) is 6.61 Å². The Balaban J connectivity index is 2.40. The van der Waals surface area contributed by atoms with Gasteiger partial charge in [0.15, 0.2) is 0 Å². The summed E-state index contributed by atoms with van der Waals surface area (Å²) in [7, 11) is 0. The van der Waals surface area contributed by atoms with Gasteiger partial charge in [-0.15, -0.1) is 0 Å². The molecule has 74 valence electrons. The van der Waals surface area contributed by atoms with Crippen molar-refractivity contribution in [2.24, 2.45) is 0 Å². The molecule has 0 radical (unpaired) electrons. The predicted octanol–water partition coefficient (Wildman–Crippen LogP) is 2.55. The molecule has 0 N–H and O–H groups in total. The van der Waals surface area contributed by atoms with Gasteiger partial charge in [0.05, 0.1) is 12.2 Å². The van der Waals surface area contributed by atoms with E-state index < -0.39 is 0 Å². The summed E-state index contributed by atoms with van der Waals surface area (Å²) >= 11 is 0. The number of cyclic esters (lactones) is 1. The molecule has 15 heavy (non-hydrogen) atoms. The van der Waals surface area contributed by atoms with E-state index >= 15 is 0 Å². The van der Waals surface area contributed by atoms with Crippen LogP contribution in [-0.4, -0.2) is 12.6 Å². The van der Waals surface area contributed by atoms with Crippen LogP contribution in [0.5, 0.6) is 0 Å².